The lowest BCUT2D eigenvalue weighted by atomic mass is 10.0. The van der Waals surface area contributed by atoms with Gasteiger partial charge in [0.05, 0.1) is 17.3 Å². The third-order valence-corrected chi connectivity index (χ3v) is 7.21. The molecule has 198 valence electrons. The fraction of sp³-hybridized carbons (Fsp3) is 0.200. The van der Waals surface area contributed by atoms with Crippen molar-refractivity contribution in [2.75, 3.05) is 11.9 Å². The number of benzene rings is 2. The smallest absolute Gasteiger partial charge is 0.335 e. The van der Waals surface area contributed by atoms with Gasteiger partial charge in [-0.2, -0.15) is 0 Å². The van der Waals surface area contributed by atoms with Gasteiger partial charge in [-0.3, -0.25) is 9.78 Å². The molecule has 4 aromatic rings. The molecule has 1 fully saturated rings. The summed E-state index contributed by atoms with van der Waals surface area (Å²) in [6.45, 7) is 4.18. The molecule has 1 aliphatic rings. The van der Waals surface area contributed by atoms with Crippen LogP contribution in [-0.4, -0.2) is 38.5 Å². The number of amides is 1. The number of pyridine rings is 1. The van der Waals surface area contributed by atoms with Gasteiger partial charge in [-0.05, 0) is 79.7 Å². The number of carbonyl (C=O) groups excluding carboxylic acids is 1. The number of aryl methyl sites for hydroxylation is 2. The highest BCUT2D eigenvalue weighted by atomic mass is 32.1. The van der Waals surface area contributed by atoms with Gasteiger partial charge in [0.15, 0.2) is 5.11 Å². The summed E-state index contributed by atoms with van der Waals surface area (Å²) >= 11 is 5.71. The molecule has 5 rings (SSSR count). The molecule has 2 atom stereocenters. The fourth-order valence-corrected chi connectivity index (χ4v) is 5.16. The maximum atomic E-state index is 12.8. The highest BCUT2D eigenvalue weighted by molar-refractivity contribution is 7.80. The number of nitrogens with zero attached hydrogens (tertiary/aromatic N) is 2. The lowest BCUT2D eigenvalue weighted by Gasteiger charge is -2.26. The molecule has 8 nitrogen and oxygen atoms in total. The van der Waals surface area contributed by atoms with E-state index in [9.17, 15) is 14.7 Å². The van der Waals surface area contributed by atoms with Crippen LogP contribution in [0.15, 0.2) is 83.4 Å². The highest BCUT2D eigenvalue weighted by Gasteiger charge is 2.41. The zero-order valence-corrected chi connectivity index (χ0v) is 22.4. The van der Waals surface area contributed by atoms with Crippen LogP contribution >= 0.6 is 12.2 Å². The van der Waals surface area contributed by atoms with Gasteiger partial charge >= 0.3 is 5.97 Å². The Morgan fingerprint density at radius 1 is 1.05 bits per heavy atom. The first-order chi connectivity index (χ1) is 18.8. The number of carboxylic acids is 1. The first-order valence-electron chi connectivity index (χ1n) is 12.6. The third kappa shape index (κ3) is 5.53. The van der Waals surface area contributed by atoms with Crippen LogP contribution in [0, 0.1) is 13.8 Å². The van der Waals surface area contributed by atoms with E-state index in [0.717, 1.165) is 28.1 Å². The second-order valence-electron chi connectivity index (χ2n) is 9.47. The van der Waals surface area contributed by atoms with Crippen LogP contribution in [0.1, 0.15) is 51.4 Å². The highest BCUT2D eigenvalue weighted by Crippen LogP contribution is 2.41. The number of aromatic carboxylic acids is 1. The molecule has 0 bridgehead atoms. The van der Waals surface area contributed by atoms with E-state index in [1.807, 2.05) is 73.3 Å². The number of thiocarbonyl (C=S) groups is 1. The monoisotopic (exact) mass is 540 g/mol. The molecule has 3 heterocycles. The Kier molecular flexibility index (Phi) is 7.42. The van der Waals surface area contributed by atoms with Crippen molar-refractivity contribution in [3.05, 3.63) is 107 Å². The largest absolute Gasteiger partial charge is 0.478 e. The quantitative estimate of drug-likeness (QED) is 0.246. The number of rotatable bonds is 8. The van der Waals surface area contributed by atoms with Gasteiger partial charge < -0.3 is 25.1 Å². The third-order valence-electron chi connectivity index (χ3n) is 6.85. The molecule has 39 heavy (non-hydrogen) atoms. The van der Waals surface area contributed by atoms with Crippen LogP contribution in [0.4, 0.5) is 5.69 Å². The molecule has 2 aromatic heterocycles. The maximum Gasteiger partial charge on any atom is 0.335 e. The van der Waals surface area contributed by atoms with Crippen molar-refractivity contribution in [1.82, 2.24) is 15.2 Å². The predicted molar refractivity (Wildman–Crippen MR) is 152 cm³/mol. The van der Waals surface area contributed by atoms with Crippen LogP contribution < -0.4 is 10.6 Å². The Morgan fingerprint density at radius 3 is 2.56 bits per heavy atom. The second kappa shape index (κ2) is 11.1. The van der Waals surface area contributed by atoms with Gasteiger partial charge in [0.2, 0.25) is 5.91 Å². The van der Waals surface area contributed by atoms with E-state index in [2.05, 4.69) is 15.6 Å². The summed E-state index contributed by atoms with van der Waals surface area (Å²) in [6, 6.07) is 21.5. The molecule has 3 N–H and O–H groups in total. The molecule has 0 spiro atoms. The van der Waals surface area contributed by atoms with Gasteiger partial charge in [0, 0.05) is 30.4 Å². The summed E-state index contributed by atoms with van der Waals surface area (Å²) in [5, 5.41) is 16.2. The summed E-state index contributed by atoms with van der Waals surface area (Å²) in [5.41, 5.74) is 4.40. The number of carboxylic acid groups (broad SMARTS) is 1. The minimum absolute atomic E-state index is 0.110. The number of carbonyl (C=O) groups is 2. The average molecular weight is 541 g/mol. The van der Waals surface area contributed by atoms with Gasteiger partial charge in [-0.25, -0.2) is 4.79 Å². The zero-order valence-electron chi connectivity index (χ0n) is 21.5. The van der Waals surface area contributed by atoms with E-state index >= 15 is 0 Å². The number of nitrogens with one attached hydrogen (secondary N) is 2. The van der Waals surface area contributed by atoms with Crippen LogP contribution in [0.25, 0.3) is 11.3 Å². The SMILES string of the molecule is Cc1ccccc1NC(=O)CCN1C(=S)N[C@H](c2ccccn2)[C@H]1c1ccc(-c2ccc(C(=O)O)cc2C)o1. The standard InChI is InChI=1S/C30H28N4O4S/c1-18-7-3-4-8-22(18)32-26(35)14-16-34-28(27(33-30(34)39)23-9-5-6-15-31-23)25-13-12-24(38-25)21-11-10-20(29(36)37)17-19(21)2/h3-13,15,17,27-28H,14,16H2,1-2H3,(H,32,35)(H,33,39)(H,36,37)/t27-,28-/m1/s1. The van der Waals surface area contributed by atoms with Gasteiger partial charge in [-0.15, -0.1) is 0 Å². The van der Waals surface area contributed by atoms with Crippen molar-refractivity contribution in [2.24, 2.45) is 0 Å². The van der Waals surface area contributed by atoms with Crippen molar-refractivity contribution < 1.29 is 19.1 Å². The van der Waals surface area contributed by atoms with Gasteiger partial charge in [0.1, 0.15) is 17.6 Å². The van der Waals surface area contributed by atoms with Crippen molar-refractivity contribution >= 4 is 34.9 Å². The number of furan rings is 1. The average Bonchev–Trinajstić information content (AvgIpc) is 3.53. The van der Waals surface area contributed by atoms with E-state index < -0.39 is 5.97 Å². The van der Waals surface area contributed by atoms with Crippen molar-refractivity contribution in [2.45, 2.75) is 32.4 Å². The van der Waals surface area contributed by atoms with Crippen molar-refractivity contribution in [3.8, 4) is 11.3 Å². The number of para-hydroxylation sites is 1. The van der Waals surface area contributed by atoms with Gasteiger partial charge in [-0.1, -0.05) is 30.3 Å². The first-order valence-corrected chi connectivity index (χ1v) is 13.0. The fourth-order valence-electron chi connectivity index (χ4n) is 4.83. The minimum atomic E-state index is -0.976. The number of hydrogen-bond acceptors (Lipinski definition) is 5. The lowest BCUT2D eigenvalue weighted by molar-refractivity contribution is -0.116. The molecule has 0 saturated carbocycles. The summed E-state index contributed by atoms with van der Waals surface area (Å²) < 4.78 is 6.37. The molecule has 0 radical (unpaired) electrons. The molecule has 0 aliphatic carbocycles. The summed E-state index contributed by atoms with van der Waals surface area (Å²) in [7, 11) is 0. The maximum absolute atomic E-state index is 12.8. The lowest BCUT2D eigenvalue weighted by Crippen LogP contribution is -2.32. The van der Waals surface area contributed by atoms with Crippen LogP contribution in [-0.2, 0) is 4.79 Å². The number of hydrogen-bond donors (Lipinski definition) is 3. The topological polar surface area (TPSA) is 108 Å². The second-order valence-corrected chi connectivity index (χ2v) is 9.86. The molecule has 1 amide bonds. The Hall–Kier alpha value is -4.50. The molecular weight excluding hydrogens is 512 g/mol. The van der Waals surface area contributed by atoms with E-state index in [1.165, 1.54) is 0 Å². The molecule has 2 aromatic carbocycles. The molecule has 9 heteroatoms. The number of anilines is 1. The molecular formula is C30H28N4O4S. The Labute approximate surface area is 231 Å². The van der Waals surface area contributed by atoms with Crippen molar-refractivity contribution in [3.63, 3.8) is 0 Å². The summed E-state index contributed by atoms with van der Waals surface area (Å²) in [6.07, 6.45) is 1.96. The predicted octanol–water partition coefficient (Wildman–Crippen LogP) is 5.66. The van der Waals surface area contributed by atoms with Crippen LogP contribution in [0.3, 0.4) is 0 Å². The van der Waals surface area contributed by atoms with Crippen LogP contribution in [0.2, 0.25) is 0 Å². The number of aromatic nitrogens is 1. The molecule has 0 unspecified atom stereocenters. The van der Waals surface area contributed by atoms with E-state index in [-0.39, 0.29) is 30.0 Å². The normalized spacial score (nSPS) is 16.7. The van der Waals surface area contributed by atoms with Crippen molar-refractivity contribution in [1.29, 1.82) is 0 Å². The molecule has 1 saturated heterocycles. The summed E-state index contributed by atoms with van der Waals surface area (Å²) in [4.78, 5) is 30.7. The minimum Gasteiger partial charge on any atom is -0.478 e. The Morgan fingerprint density at radius 2 is 1.85 bits per heavy atom. The van der Waals surface area contributed by atoms with E-state index in [0.29, 0.717) is 23.2 Å². The summed E-state index contributed by atoms with van der Waals surface area (Å²) in [5.74, 6) is 0.195. The van der Waals surface area contributed by atoms with E-state index in [4.69, 9.17) is 16.6 Å². The Balaban J connectivity index is 1.42. The molecule has 1 aliphatic heterocycles. The first kappa shape index (κ1) is 26.1. The Bertz CT molecular complexity index is 1530. The zero-order chi connectivity index (χ0) is 27.5. The van der Waals surface area contributed by atoms with Gasteiger partial charge in [0.25, 0.3) is 0 Å². The van der Waals surface area contributed by atoms with E-state index in [1.54, 1.807) is 24.4 Å². The van der Waals surface area contributed by atoms with Crippen LogP contribution in [0.5, 0.6) is 0 Å².